The largest absolute Gasteiger partial charge is 0.497 e. The maximum Gasteiger partial charge on any atom is 0.341 e. The van der Waals surface area contributed by atoms with Crippen molar-refractivity contribution >= 4 is 22.6 Å². The number of benzene rings is 1. The monoisotopic (exact) mass is 392 g/mol. The Morgan fingerprint density at radius 1 is 1.21 bits per heavy atom. The number of rotatable bonds is 5. The van der Waals surface area contributed by atoms with Gasteiger partial charge in [0.1, 0.15) is 17.1 Å². The number of anilines is 1. The van der Waals surface area contributed by atoms with E-state index in [4.69, 9.17) is 14.5 Å². The average Bonchev–Trinajstić information content (AvgIpc) is 2.77. The molecule has 150 valence electrons. The van der Waals surface area contributed by atoms with Gasteiger partial charge in [0.05, 0.1) is 37.2 Å². The van der Waals surface area contributed by atoms with Gasteiger partial charge in [-0.25, -0.2) is 14.8 Å². The number of fused-ring (bicyclic) bond motifs is 2. The zero-order chi connectivity index (χ0) is 20.4. The highest BCUT2D eigenvalue weighted by atomic mass is 16.5. The van der Waals surface area contributed by atoms with Crippen LogP contribution in [0.3, 0.4) is 0 Å². The summed E-state index contributed by atoms with van der Waals surface area (Å²) in [6.45, 7) is 5.52. The van der Waals surface area contributed by atoms with Gasteiger partial charge >= 0.3 is 5.97 Å². The van der Waals surface area contributed by atoms with Crippen LogP contribution in [0, 0.1) is 0 Å². The van der Waals surface area contributed by atoms with E-state index < -0.39 is 0 Å². The predicted octanol–water partition coefficient (Wildman–Crippen LogP) is 3.34. The topological polar surface area (TPSA) is 77.4 Å². The van der Waals surface area contributed by atoms with Crippen LogP contribution in [-0.2, 0) is 24.1 Å². The molecule has 2 aromatic heterocycles. The van der Waals surface area contributed by atoms with Gasteiger partial charge in [0, 0.05) is 30.7 Å². The Morgan fingerprint density at radius 2 is 2.07 bits per heavy atom. The van der Waals surface area contributed by atoms with Crippen molar-refractivity contribution in [2.24, 2.45) is 0 Å². The third-order valence-corrected chi connectivity index (χ3v) is 5.17. The van der Waals surface area contributed by atoms with Crippen LogP contribution in [0.5, 0.6) is 5.75 Å². The highest BCUT2D eigenvalue weighted by molar-refractivity contribution is 6.05. The summed E-state index contributed by atoms with van der Waals surface area (Å²) in [4.78, 5) is 28.5. The van der Waals surface area contributed by atoms with E-state index in [0.717, 1.165) is 58.8 Å². The first-order valence-corrected chi connectivity index (χ1v) is 9.87. The van der Waals surface area contributed by atoms with Crippen LogP contribution in [0.15, 0.2) is 30.6 Å². The van der Waals surface area contributed by atoms with Crippen LogP contribution < -0.4 is 9.64 Å². The van der Waals surface area contributed by atoms with Crippen molar-refractivity contribution in [3.05, 3.63) is 53.2 Å². The van der Waals surface area contributed by atoms with Gasteiger partial charge in [-0.2, -0.15) is 0 Å². The molecule has 29 heavy (non-hydrogen) atoms. The molecule has 0 amide bonds. The van der Waals surface area contributed by atoms with E-state index in [1.807, 2.05) is 31.3 Å². The van der Waals surface area contributed by atoms with E-state index in [1.54, 1.807) is 20.2 Å². The SMILES string of the molecule is CCOC(=O)c1cnc2ccc(OC)cc2c1N1CCc2cnc(CC)nc2C1. The van der Waals surface area contributed by atoms with Gasteiger partial charge in [0.2, 0.25) is 0 Å². The molecule has 4 rings (SSSR count). The molecule has 0 unspecified atom stereocenters. The molecule has 0 spiro atoms. The van der Waals surface area contributed by atoms with Crippen molar-refractivity contribution in [3.63, 3.8) is 0 Å². The zero-order valence-electron chi connectivity index (χ0n) is 16.9. The summed E-state index contributed by atoms with van der Waals surface area (Å²) in [6.07, 6.45) is 5.14. The smallest absolute Gasteiger partial charge is 0.341 e. The molecule has 0 fully saturated rings. The van der Waals surface area contributed by atoms with E-state index in [2.05, 4.69) is 14.9 Å². The number of nitrogens with zero attached hydrogens (tertiary/aromatic N) is 4. The zero-order valence-corrected chi connectivity index (χ0v) is 16.9. The molecule has 0 radical (unpaired) electrons. The normalized spacial score (nSPS) is 13.3. The van der Waals surface area contributed by atoms with E-state index in [-0.39, 0.29) is 5.97 Å². The Balaban J connectivity index is 1.85. The van der Waals surface area contributed by atoms with Crippen LogP contribution in [0.1, 0.15) is 41.3 Å². The fourth-order valence-corrected chi connectivity index (χ4v) is 3.69. The molecule has 3 aromatic rings. The lowest BCUT2D eigenvalue weighted by Crippen LogP contribution is -2.33. The van der Waals surface area contributed by atoms with Crippen LogP contribution in [-0.4, -0.2) is 41.2 Å². The van der Waals surface area contributed by atoms with Crippen LogP contribution in [0.4, 0.5) is 5.69 Å². The second-order valence-electron chi connectivity index (χ2n) is 6.91. The van der Waals surface area contributed by atoms with Crippen LogP contribution >= 0.6 is 0 Å². The number of esters is 1. The summed E-state index contributed by atoms with van der Waals surface area (Å²) in [5.41, 5.74) is 4.24. The molecule has 0 atom stereocenters. The third kappa shape index (κ3) is 3.60. The Hall–Kier alpha value is -3.22. The summed E-state index contributed by atoms with van der Waals surface area (Å²) in [5.74, 6) is 1.18. The van der Waals surface area contributed by atoms with Crippen molar-refractivity contribution in [2.45, 2.75) is 33.2 Å². The predicted molar refractivity (Wildman–Crippen MR) is 110 cm³/mol. The van der Waals surface area contributed by atoms with E-state index in [0.29, 0.717) is 18.7 Å². The van der Waals surface area contributed by atoms with Gasteiger partial charge in [-0.05, 0) is 37.1 Å². The number of carbonyl (C=O) groups excluding carboxylic acids is 1. The van der Waals surface area contributed by atoms with Crippen molar-refractivity contribution < 1.29 is 14.3 Å². The second-order valence-corrected chi connectivity index (χ2v) is 6.91. The first kappa shape index (κ1) is 19.1. The number of pyridine rings is 1. The minimum Gasteiger partial charge on any atom is -0.497 e. The first-order chi connectivity index (χ1) is 14.1. The number of ether oxygens (including phenoxy) is 2. The molecule has 0 bridgehead atoms. The van der Waals surface area contributed by atoms with Gasteiger partial charge in [-0.3, -0.25) is 4.98 Å². The molecular weight excluding hydrogens is 368 g/mol. The molecule has 0 aliphatic carbocycles. The fourth-order valence-electron chi connectivity index (χ4n) is 3.69. The van der Waals surface area contributed by atoms with Crippen LogP contribution in [0.2, 0.25) is 0 Å². The Bertz CT molecular complexity index is 1070. The molecule has 0 saturated carbocycles. The molecule has 1 aliphatic rings. The minimum atomic E-state index is -0.373. The number of hydrogen-bond acceptors (Lipinski definition) is 7. The molecule has 0 N–H and O–H groups in total. The lowest BCUT2D eigenvalue weighted by atomic mass is 10.0. The van der Waals surface area contributed by atoms with Crippen molar-refractivity contribution in [1.29, 1.82) is 0 Å². The van der Waals surface area contributed by atoms with Gasteiger partial charge in [0.25, 0.3) is 0 Å². The lowest BCUT2D eigenvalue weighted by molar-refractivity contribution is 0.0526. The standard InChI is InChI=1S/C22H24N4O3/c1-4-20-24-11-14-8-9-26(13-19(14)25-20)21-16-10-15(28-3)6-7-18(16)23-12-17(21)22(27)29-5-2/h6-7,10-12H,4-5,8-9,13H2,1-3H3. The second kappa shape index (κ2) is 8.03. The molecular formula is C22H24N4O3. The number of methoxy groups -OCH3 is 1. The molecule has 1 aromatic carbocycles. The number of carbonyl (C=O) groups is 1. The summed E-state index contributed by atoms with van der Waals surface area (Å²) < 4.78 is 10.7. The molecule has 7 nitrogen and oxygen atoms in total. The summed E-state index contributed by atoms with van der Waals surface area (Å²) in [5, 5.41) is 0.864. The first-order valence-electron chi connectivity index (χ1n) is 9.87. The minimum absolute atomic E-state index is 0.310. The van der Waals surface area contributed by atoms with Gasteiger partial charge in [-0.15, -0.1) is 0 Å². The summed E-state index contributed by atoms with van der Waals surface area (Å²) in [7, 11) is 1.63. The van der Waals surface area contributed by atoms with Crippen molar-refractivity contribution in [1.82, 2.24) is 15.0 Å². The number of aryl methyl sites for hydroxylation is 1. The summed E-state index contributed by atoms with van der Waals surface area (Å²) in [6, 6.07) is 5.70. The highest BCUT2D eigenvalue weighted by Crippen LogP contribution is 2.35. The Morgan fingerprint density at radius 3 is 2.83 bits per heavy atom. The molecule has 0 saturated heterocycles. The fraction of sp³-hybridized carbons (Fsp3) is 0.364. The van der Waals surface area contributed by atoms with E-state index in [1.165, 1.54) is 0 Å². The average molecular weight is 392 g/mol. The van der Waals surface area contributed by atoms with Gasteiger partial charge in [0.15, 0.2) is 0 Å². The van der Waals surface area contributed by atoms with E-state index >= 15 is 0 Å². The highest BCUT2D eigenvalue weighted by Gasteiger charge is 2.26. The maximum absolute atomic E-state index is 12.7. The van der Waals surface area contributed by atoms with Gasteiger partial charge in [-0.1, -0.05) is 6.92 Å². The van der Waals surface area contributed by atoms with Gasteiger partial charge < -0.3 is 14.4 Å². The number of aromatic nitrogens is 3. The molecule has 1 aliphatic heterocycles. The quantitative estimate of drug-likeness (QED) is 0.616. The third-order valence-electron chi connectivity index (χ3n) is 5.17. The molecule has 7 heteroatoms. The maximum atomic E-state index is 12.7. The number of hydrogen-bond donors (Lipinski definition) is 0. The van der Waals surface area contributed by atoms with Crippen LogP contribution in [0.25, 0.3) is 10.9 Å². The Kier molecular flexibility index (Phi) is 5.29. The molecule has 3 heterocycles. The lowest BCUT2D eigenvalue weighted by Gasteiger charge is -2.32. The van der Waals surface area contributed by atoms with Crippen molar-refractivity contribution in [2.75, 3.05) is 25.2 Å². The van der Waals surface area contributed by atoms with E-state index in [9.17, 15) is 4.79 Å². The Labute approximate surface area is 169 Å². The van der Waals surface area contributed by atoms with Crippen molar-refractivity contribution in [3.8, 4) is 5.75 Å². The summed E-state index contributed by atoms with van der Waals surface area (Å²) >= 11 is 0.